The van der Waals surface area contributed by atoms with Crippen LogP contribution in [0.3, 0.4) is 0 Å². The molecule has 0 bridgehead atoms. The Kier molecular flexibility index (Phi) is 6.74. The lowest BCUT2D eigenvalue weighted by atomic mass is 10.1. The lowest BCUT2D eigenvalue weighted by molar-refractivity contribution is 0.0313. The minimum absolute atomic E-state index is 0.629. The molecule has 1 saturated heterocycles. The van der Waals surface area contributed by atoms with Gasteiger partial charge in [0.25, 0.3) is 6.01 Å². The van der Waals surface area contributed by atoms with E-state index in [0.717, 1.165) is 72.1 Å². The van der Waals surface area contributed by atoms with Gasteiger partial charge < -0.3 is 18.8 Å². The maximum atomic E-state index is 6.35. The minimum Gasteiger partial charge on any atom is -0.497 e. The molecule has 1 aliphatic heterocycles. The fraction of sp³-hybridized carbons (Fsp3) is 0.333. The summed E-state index contributed by atoms with van der Waals surface area (Å²) in [4.78, 5) is 13.9. The van der Waals surface area contributed by atoms with E-state index in [1.165, 1.54) is 0 Å². The summed E-state index contributed by atoms with van der Waals surface area (Å²) in [5.74, 6) is 1.75. The van der Waals surface area contributed by atoms with Crippen LogP contribution < -0.4 is 9.64 Å². The zero-order valence-corrected chi connectivity index (χ0v) is 19.7. The maximum absolute atomic E-state index is 6.35. The van der Waals surface area contributed by atoms with Crippen molar-refractivity contribution in [1.82, 2.24) is 14.9 Å². The lowest BCUT2D eigenvalue weighted by Crippen LogP contribution is -2.35. The van der Waals surface area contributed by atoms with Crippen molar-refractivity contribution < 1.29 is 13.9 Å². The van der Waals surface area contributed by atoms with Crippen molar-refractivity contribution >= 4 is 16.9 Å². The third-order valence-corrected chi connectivity index (χ3v) is 6.17. The van der Waals surface area contributed by atoms with Gasteiger partial charge in [-0.1, -0.05) is 30.3 Å². The largest absolute Gasteiger partial charge is 0.497 e. The fourth-order valence-electron chi connectivity index (χ4n) is 4.27. The van der Waals surface area contributed by atoms with Crippen LogP contribution in [0.15, 0.2) is 65.2 Å². The van der Waals surface area contributed by atoms with Crippen molar-refractivity contribution in [3.63, 3.8) is 0 Å². The van der Waals surface area contributed by atoms with Gasteiger partial charge >= 0.3 is 0 Å². The molecule has 5 rings (SSSR count). The molecule has 0 unspecified atom stereocenters. The number of ether oxygens (including phenoxy) is 2. The number of aromatic nitrogens is 2. The third-order valence-electron chi connectivity index (χ3n) is 6.17. The molecule has 2 aromatic carbocycles. The molecular formula is C27H30N4O3. The van der Waals surface area contributed by atoms with Crippen molar-refractivity contribution in [3.8, 4) is 5.75 Å². The predicted molar refractivity (Wildman–Crippen MR) is 132 cm³/mol. The molecule has 0 aliphatic carbocycles. The molecule has 1 fully saturated rings. The highest BCUT2D eigenvalue weighted by atomic mass is 16.5. The Hall–Kier alpha value is -3.42. The van der Waals surface area contributed by atoms with Gasteiger partial charge in [-0.3, -0.25) is 9.88 Å². The van der Waals surface area contributed by atoms with Crippen LogP contribution in [0.1, 0.15) is 22.6 Å². The molecule has 176 valence electrons. The van der Waals surface area contributed by atoms with Crippen molar-refractivity contribution in [3.05, 3.63) is 83.4 Å². The predicted octanol–water partition coefficient (Wildman–Crippen LogP) is 4.58. The van der Waals surface area contributed by atoms with Crippen LogP contribution in [0.4, 0.5) is 6.01 Å². The standard InChI is InChI=1S/C27H30N4O3/c1-20-26(19-30-11-13-33-14-12-30)34-27(29-20)31(17-21-5-3-7-24(15-21)32-2)18-22-8-9-23-6-4-10-28-25(23)16-22/h3-10,15-16H,11-14,17-19H2,1-2H3. The van der Waals surface area contributed by atoms with Gasteiger partial charge in [-0.25, -0.2) is 0 Å². The summed E-state index contributed by atoms with van der Waals surface area (Å²) < 4.78 is 17.3. The van der Waals surface area contributed by atoms with Gasteiger partial charge in [0.05, 0.1) is 38.1 Å². The normalized spacial score (nSPS) is 14.4. The van der Waals surface area contributed by atoms with E-state index in [-0.39, 0.29) is 0 Å². The van der Waals surface area contributed by atoms with Crippen LogP contribution in [0.5, 0.6) is 5.75 Å². The van der Waals surface area contributed by atoms with Gasteiger partial charge in [-0.2, -0.15) is 4.98 Å². The van der Waals surface area contributed by atoms with Crippen LogP contribution in [-0.4, -0.2) is 48.3 Å². The second-order valence-corrected chi connectivity index (χ2v) is 8.63. The molecule has 7 nitrogen and oxygen atoms in total. The van der Waals surface area contributed by atoms with E-state index in [1.807, 2.05) is 31.3 Å². The monoisotopic (exact) mass is 458 g/mol. The van der Waals surface area contributed by atoms with Crippen molar-refractivity contribution in [2.45, 2.75) is 26.6 Å². The molecule has 34 heavy (non-hydrogen) atoms. The Labute approximate surface area is 199 Å². The highest BCUT2D eigenvalue weighted by molar-refractivity contribution is 5.78. The van der Waals surface area contributed by atoms with Crippen molar-refractivity contribution in [2.75, 3.05) is 38.3 Å². The van der Waals surface area contributed by atoms with Crippen molar-refractivity contribution in [1.29, 1.82) is 0 Å². The van der Waals surface area contributed by atoms with E-state index in [0.29, 0.717) is 19.1 Å². The molecule has 7 heteroatoms. The summed E-state index contributed by atoms with van der Waals surface area (Å²) in [6.45, 7) is 7.41. The number of benzene rings is 2. The lowest BCUT2D eigenvalue weighted by Gasteiger charge is -2.25. The first-order valence-corrected chi connectivity index (χ1v) is 11.7. The summed E-state index contributed by atoms with van der Waals surface area (Å²) in [5, 5.41) is 1.13. The zero-order valence-electron chi connectivity index (χ0n) is 19.7. The number of hydrogen-bond donors (Lipinski definition) is 0. The van der Waals surface area contributed by atoms with Gasteiger partial charge in [0, 0.05) is 37.8 Å². The molecule has 0 amide bonds. The van der Waals surface area contributed by atoms with Crippen LogP contribution in [0, 0.1) is 6.92 Å². The third kappa shape index (κ3) is 5.21. The average Bonchev–Trinajstić information content (AvgIpc) is 3.24. The van der Waals surface area contributed by atoms with Crippen LogP contribution >= 0.6 is 0 Å². The number of hydrogen-bond acceptors (Lipinski definition) is 7. The van der Waals surface area contributed by atoms with Gasteiger partial charge in [-0.05, 0) is 42.3 Å². The molecule has 0 radical (unpaired) electrons. The van der Waals surface area contributed by atoms with Gasteiger partial charge in [0.1, 0.15) is 11.5 Å². The van der Waals surface area contributed by atoms with E-state index >= 15 is 0 Å². The Morgan fingerprint density at radius 3 is 2.65 bits per heavy atom. The van der Waals surface area contributed by atoms with E-state index in [9.17, 15) is 0 Å². The molecule has 4 aromatic rings. The maximum Gasteiger partial charge on any atom is 0.298 e. The molecule has 3 heterocycles. The summed E-state index contributed by atoms with van der Waals surface area (Å²) in [5.41, 5.74) is 4.19. The smallest absolute Gasteiger partial charge is 0.298 e. The first-order valence-electron chi connectivity index (χ1n) is 11.7. The molecular weight excluding hydrogens is 428 g/mol. The summed E-state index contributed by atoms with van der Waals surface area (Å²) in [6.07, 6.45) is 1.83. The van der Waals surface area contributed by atoms with Crippen LogP contribution in [-0.2, 0) is 24.4 Å². The first kappa shape index (κ1) is 22.4. The SMILES string of the molecule is COc1cccc(CN(Cc2ccc3cccnc3c2)c2nc(C)c(CN3CCOCC3)o2)c1. The number of methoxy groups -OCH3 is 1. The number of morpholine rings is 1. The summed E-state index contributed by atoms with van der Waals surface area (Å²) in [6, 6.07) is 19.2. The highest BCUT2D eigenvalue weighted by Gasteiger charge is 2.20. The Morgan fingerprint density at radius 1 is 1.00 bits per heavy atom. The van der Waals surface area contributed by atoms with Gasteiger partial charge in [0.2, 0.25) is 0 Å². The number of rotatable bonds is 8. The van der Waals surface area contributed by atoms with E-state index < -0.39 is 0 Å². The second-order valence-electron chi connectivity index (χ2n) is 8.63. The fourth-order valence-corrected chi connectivity index (χ4v) is 4.27. The molecule has 0 N–H and O–H groups in total. The second kappa shape index (κ2) is 10.2. The van der Waals surface area contributed by atoms with Gasteiger partial charge in [-0.15, -0.1) is 0 Å². The summed E-state index contributed by atoms with van der Waals surface area (Å²) in [7, 11) is 1.69. The molecule has 0 spiro atoms. The molecule has 1 aliphatic rings. The number of aryl methyl sites for hydroxylation is 1. The number of oxazole rings is 1. The number of anilines is 1. The Balaban J connectivity index is 1.43. The zero-order chi connectivity index (χ0) is 23.3. The van der Waals surface area contributed by atoms with Crippen LogP contribution in [0.25, 0.3) is 10.9 Å². The number of fused-ring (bicyclic) bond motifs is 1. The van der Waals surface area contributed by atoms with E-state index in [1.54, 1.807) is 7.11 Å². The number of nitrogens with zero attached hydrogens (tertiary/aromatic N) is 4. The van der Waals surface area contributed by atoms with E-state index in [2.05, 4.69) is 51.2 Å². The molecule has 2 aromatic heterocycles. The van der Waals surface area contributed by atoms with Crippen molar-refractivity contribution in [2.24, 2.45) is 0 Å². The number of pyridine rings is 1. The molecule has 0 saturated carbocycles. The topological polar surface area (TPSA) is 63.9 Å². The van der Waals surface area contributed by atoms with E-state index in [4.69, 9.17) is 18.9 Å². The molecule has 0 atom stereocenters. The Bertz CT molecular complexity index is 1250. The van der Waals surface area contributed by atoms with Gasteiger partial charge in [0.15, 0.2) is 0 Å². The average molecular weight is 459 g/mol. The summed E-state index contributed by atoms with van der Waals surface area (Å²) >= 11 is 0. The highest BCUT2D eigenvalue weighted by Crippen LogP contribution is 2.26. The van der Waals surface area contributed by atoms with Crippen LogP contribution in [0.2, 0.25) is 0 Å². The quantitative estimate of drug-likeness (QED) is 0.383. The first-order chi connectivity index (χ1) is 16.7. The minimum atomic E-state index is 0.629. The Morgan fingerprint density at radius 2 is 1.82 bits per heavy atom.